The maximum absolute atomic E-state index is 12.0. The smallest absolute Gasteiger partial charge is 0.312 e. The van der Waals surface area contributed by atoms with Gasteiger partial charge in [-0.2, -0.15) is 0 Å². The van der Waals surface area contributed by atoms with E-state index >= 15 is 0 Å². The van der Waals surface area contributed by atoms with Gasteiger partial charge in [-0.25, -0.2) is 9.78 Å². The first-order valence-electron chi connectivity index (χ1n) is 11.9. The van der Waals surface area contributed by atoms with Gasteiger partial charge in [-0.3, -0.25) is 14.8 Å². The highest BCUT2D eigenvalue weighted by Gasteiger charge is 2.19. The number of nitrogens with zero attached hydrogens (tertiary/aromatic N) is 5. The summed E-state index contributed by atoms with van der Waals surface area (Å²) in [5, 5.41) is 2.33. The van der Waals surface area contributed by atoms with E-state index in [1.807, 2.05) is 67.1 Å². The number of primary amides is 1. The normalized spacial score (nSPS) is 13.6. The van der Waals surface area contributed by atoms with Crippen LogP contribution in [0, 0.1) is 0 Å². The summed E-state index contributed by atoms with van der Waals surface area (Å²) < 4.78 is 0. The van der Waals surface area contributed by atoms with Crippen LogP contribution in [0.15, 0.2) is 73.2 Å². The van der Waals surface area contributed by atoms with E-state index in [0.29, 0.717) is 0 Å². The lowest BCUT2D eigenvalue weighted by atomic mass is 10.0. The van der Waals surface area contributed by atoms with Crippen molar-refractivity contribution >= 4 is 34.4 Å². The fourth-order valence-corrected chi connectivity index (χ4v) is 4.37. The van der Waals surface area contributed by atoms with Crippen LogP contribution in [0.3, 0.4) is 0 Å². The third-order valence-corrected chi connectivity index (χ3v) is 6.31. The molecule has 1 aliphatic heterocycles. The highest BCUT2D eigenvalue weighted by molar-refractivity contribution is 5.87. The van der Waals surface area contributed by atoms with Gasteiger partial charge in [-0.1, -0.05) is 30.3 Å². The lowest BCUT2D eigenvalue weighted by molar-refractivity contribution is -0.117. The molecule has 3 N–H and O–H groups in total. The summed E-state index contributed by atoms with van der Waals surface area (Å²) in [6.07, 6.45) is 5.74. The number of amides is 2. The van der Waals surface area contributed by atoms with E-state index in [1.54, 1.807) is 0 Å². The topological polar surface area (TPSA) is 117 Å². The number of hydrogen-bond donors (Lipinski definition) is 2. The van der Waals surface area contributed by atoms with Crippen LogP contribution in [-0.2, 0) is 11.2 Å². The van der Waals surface area contributed by atoms with Gasteiger partial charge in [0.25, 0.3) is 0 Å². The molecule has 1 aliphatic rings. The minimum atomic E-state index is -0.700. The number of aromatic nitrogens is 3. The number of urea groups is 1. The molecule has 3 heterocycles. The van der Waals surface area contributed by atoms with Crippen molar-refractivity contribution in [2.45, 2.75) is 6.42 Å². The number of rotatable bonds is 7. The first kappa shape index (κ1) is 23.2. The summed E-state index contributed by atoms with van der Waals surface area (Å²) in [6, 6.07) is 17.3. The molecular weight excluding hydrogens is 454 g/mol. The van der Waals surface area contributed by atoms with E-state index in [2.05, 4.69) is 31.2 Å². The van der Waals surface area contributed by atoms with Gasteiger partial charge in [-0.05, 0) is 41.0 Å². The Kier molecular flexibility index (Phi) is 6.70. The van der Waals surface area contributed by atoms with Crippen molar-refractivity contribution in [2.24, 2.45) is 5.73 Å². The molecule has 4 aromatic rings. The number of hydrogen-bond acceptors (Lipinski definition) is 7. The van der Waals surface area contributed by atoms with Gasteiger partial charge in [0.05, 0.1) is 23.8 Å². The van der Waals surface area contributed by atoms with Crippen molar-refractivity contribution in [2.75, 3.05) is 42.5 Å². The second-order valence-corrected chi connectivity index (χ2v) is 8.74. The van der Waals surface area contributed by atoms with Crippen LogP contribution in [0.5, 0.6) is 0 Å². The SMILES string of the molecule is NC(=O)NCC(=O)Cc1ccc(-c2ccc3ncc(N4CCN(c5ccncc5)CC4)nc3c2)cc1. The molecular formula is C27H27N7O2. The monoisotopic (exact) mass is 481 g/mol. The van der Waals surface area contributed by atoms with E-state index in [0.717, 1.165) is 59.7 Å². The van der Waals surface area contributed by atoms with Gasteiger partial charge < -0.3 is 20.9 Å². The predicted molar refractivity (Wildman–Crippen MR) is 140 cm³/mol. The van der Waals surface area contributed by atoms with E-state index in [9.17, 15) is 9.59 Å². The van der Waals surface area contributed by atoms with Crippen LogP contribution in [0.1, 0.15) is 5.56 Å². The molecule has 1 fully saturated rings. The molecule has 2 aromatic carbocycles. The van der Waals surface area contributed by atoms with Gasteiger partial charge in [0.1, 0.15) is 5.82 Å². The minimum absolute atomic E-state index is 0.0679. The molecule has 0 aliphatic carbocycles. The fraction of sp³-hybridized carbons (Fsp3) is 0.222. The number of fused-ring (bicyclic) bond motifs is 1. The number of nitrogens with one attached hydrogen (secondary N) is 1. The van der Waals surface area contributed by atoms with Crippen molar-refractivity contribution < 1.29 is 9.59 Å². The van der Waals surface area contributed by atoms with Crippen molar-refractivity contribution in [3.05, 3.63) is 78.8 Å². The molecule has 36 heavy (non-hydrogen) atoms. The lowest BCUT2D eigenvalue weighted by Gasteiger charge is -2.36. The second-order valence-electron chi connectivity index (χ2n) is 8.74. The van der Waals surface area contributed by atoms with Crippen LogP contribution in [0.2, 0.25) is 0 Å². The Labute approximate surface area is 209 Å². The predicted octanol–water partition coefficient (Wildman–Crippen LogP) is 2.80. The number of ketones is 1. The summed E-state index contributed by atoms with van der Waals surface area (Å²) in [5.41, 5.74) is 10.8. The van der Waals surface area contributed by atoms with Crippen molar-refractivity contribution in [3.63, 3.8) is 0 Å². The Hall–Kier alpha value is -4.53. The van der Waals surface area contributed by atoms with Crippen LogP contribution < -0.4 is 20.9 Å². The van der Waals surface area contributed by atoms with Gasteiger partial charge in [-0.15, -0.1) is 0 Å². The molecule has 0 spiro atoms. The van der Waals surface area contributed by atoms with Crippen LogP contribution in [0.25, 0.3) is 22.2 Å². The van der Waals surface area contributed by atoms with Gasteiger partial charge >= 0.3 is 6.03 Å². The molecule has 182 valence electrons. The van der Waals surface area contributed by atoms with Crippen LogP contribution >= 0.6 is 0 Å². The summed E-state index contributed by atoms with van der Waals surface area (Å²) in [7, 11) is 0. The minimum Gasteiger partial charge on any atom is -0.368 e. The number of benzene rings is 2. The average molecular weight is 482 g/mol. The molecule has 9 nitrogen and oxygen atoms in total. The van der Waals surface area contributed by atoms with E-state index in [4.69, 9.17) is 10.7 Å². The Morgan fingerprint density at radius 3 is 2.28 bits per heavy atom. The average Bonchev–Trinajstić information content (AvgIpc) is 2.92. The summed E-state index contributed by atoms with van der Waals surface area (Å²) in [6.45, 7) is 3.50. The zero-order chi connectivity index (χ0) is 24.9. The van der Waals surface area contributed by atoms with Gasteiger partial charge in [0, 0.05) is 50.7 Å². The first-order valence-corrected chi connectivity index (χ1v) is 11.9. The first-order chi connectivity index (χ1) is 17.5. The Morgan fingerprint density at radius 2 is 1.56 bits per heavy atom. The lowest BCUT2D eigenvalue weighted by Crippen LogP contribution is -2.46. The van der Waals surface area contributed by atoms with E-state index in [-0.39, 0.29) is 18.7 Å². The number of piperazine rings is 1. The number of anilines is 2. The van der Waals surface area contributed by atoms with Crippen molar-refractivity contribution in [1.82, 2.24) is 20.3 Å². The second kappa shape index (κ2) is 10.4. The van der Waals surface area contributed by atoms with E-state index < -0.39 is 6.03 Å². The number of pyridine rings is 1. The summed E-state index contributed by atoms with van der Waals surface area (Å²) in [5.74, 6) is 0.782. The molecule has 9 heteroatoms. The molecule has 2 aromatic heterocycles. The zero-order valence-corrected chi connectivity index (χ0v) is 19.8. The number of nitrogens with two attached hydrogens (primary N) is 1. The third-order valence-electron chi connectivity index (χ3n) is 6.31. The van der Waals surface area contributed by atoms with Gasteiger partial charge in [0.15, 0.2) is 5.78 Å². The van der Waals surface area contributed by atoms with Crippen molar-refractivity contribution in [3.8, 4) is 11.1 Å². The molecule has 0 unspecified atom stereocenters. The molecule has 0 bridgehead atoms. The quantitative estimate of drug-likeness (QED) is 0.417. The summed E-state index contributed by atoms with van der Waals surface area (Å²) >= 11 is 0. The maximum Gasteiger partial charge on any atom is 0.312 e. The Balaban J connectivity index is 1.27. The highest BCUT2D eigenvalue weighted by atomic mass is 16.2. The standard InChI is InChI=1S/C27H27N7O2/c28-27(36)31-17-23(35)15-19-1-3-20(4-2-19)21-5-6-24-25(16-21)32-26(18-30-24)34-13-11-33(12-14-34)22-7-9-29-10-8-22/h1-10,16,18H,11-15,17H2,(H3,28,31,36). The Bertz CT molecular complexity index is 1370. The number of carbonyl (C=O) groups excluding carboxylic acids is 2. The van der Waals surface area contributed by atoms with Gasteiger partial charge in [0.2, 0.25) is 0 Å². The fourth-order valence-electron chi connectivity index (χ4n) is 4.37. The molecule has 2 amide bonds. The maximum atomic E-state index is 12.0. The zero-order valence-electron chi connectivity index (χ0n) is 19.8. The molecule has 1 saturated heterocycles. The van der Waals surface area contributed by atoms with Crippen LogP contribution in [-0.4, -0.2) is 59.5 Å². The molecule has 0 saturated carbocycles. The van der Waals surface area contributed by atoms with Crippen molar-refractivity contribution in [1.29, 1.82) is 0 Å². The highest BCUT2D eigenvalue weighted by Crippen LogP contribution is 2.25. The summed E-state index contributed by atoms with van der Waals surface area (Å²) in [4.78, 5) is 41.0. The number of carbonyl (C=O) groups is 2. The Morgan fingerprint density at radius 1 is 0.861 bits per heavy atom. The largest absolute Gasteiger partial charge is 0.368 e. The van der Waals surface area contributed by atoms with E-state index in [1.165, 1.54) is 5.69 Å². The molecule has 5 rings (SSSR count). The third kappa shape index (κ3) is 5.41. The molecule has 0 atom stereocenters. The van der Waals surface area contributed by atoms with Crippen LogP contribution in [0.4, 0.5) is 16.3 Å². The number of Topliss-reactive ketones (excluding diaryl/α,β-unsaturated/α-hetero) is 1. The molecule has 0 radical (unpaired) electrons.